The number of hydrazine groups is 1. The number of phenolic OH excluding ortho intramolecular Hbond substituents is 1. The van der Waals surface area contributed by atoms with Gasteiger partial charge in [0.25, 0.3) is 0 Å². The Labute approximate surface area is 279 Å². The van der Waals surface area contributed by atoms with Gasteiger partial charge < -0.3 is 14.9 Å². The highest BCUT2D eigenvalue weighted by Crippen LogP contribution is 2.32. The minimum absolute atomic E-state index is 0.0285. The Morgan fingerprint density at radius 2 is 1.87 bits per heavy atom. The zero-order valence-corrected chi connectivity index (χ0v) is 26.9. The third kappa shape index (κ3) is 6.32. The molecule has 2 aliphatic heterocycles. The summed E-state index contributed by atoms with van der Waals surface area (Å²) < 4.78 is 14.9. The van der Waals surface area contributed by atoms with Crippen LogP contribution in [0.25, 0.3) is 10.2 Å². The van der Waals surface area contributed by atoms with Crippen LogP contribution in [0.1, 0.15) is 23.1 Å². The number of fused-ring (bicyclic) bond motifs is 2. The van der Waals surface area contributed by atoms with Gasteiger partial charge in [-0.05, 0) is 53.4 Å². The average molecular weight is 683 g/mol. The van der Waals surface area contributed by atoms with E-state index in [2.05, 4.69) is 11.6 Å². The van der Waals surface area contributed by atoms with Crippen molar-refractivity contribution in [3.05, 3.63) is 105 Å². The minimum atomic E-state index is -0.936. The first-order valence-electron chi connectivity index (χ1n) is 14.6. The van der Waals surface area contributed by atoms with Gasteiger partial charge in [-0.25, -0.2) is 19.4 Å². The number of aromatic nitrogens is 1. The second-order valence-corrected chi connectivity index (χ2v) is 12.9. The predicted molar refractivity (Wildman–Crippen MR) is 175 cm³/mol. The van der Waals surface area contributed by atoms with E-state index in [9.17, 15) is 23.9 Å². The van der Waals surface area contributed by atoms with Gasteiger partial charge in [-0.3, -0.25) is 14.4 Å². The lowest BCUT2D eigenvalue weighted by Crippen LogP contribution is -2.75. The fourth-order valence-corrected chi connectivity index (χ4v) is 7.39. The summed E-state index contributed by atoms with van der Waals surface area (Å²) in [5.74, 6) is -1.16. The first kappa shape index (κ1) is 31.9. The Hall–Kier alpha value is -4.03. The summed E-state index contributed by atoms with van der Waals surface area (Å²) in [6.07, 6.45) is 1.39. The van der Waals surface area contributed by atoms with Crippen molar-refractivity contribution >= 4 is 62.5 Å². The molecule has 3 aromatic carbocycles. The molecule has 1 N–H and O–H groups in total. The van der Waals surface area contributed by atoms with E-state index >= 15 is 0 Å². The number of thiazole rings is 1. The number of halogens is 3. The molecule has 0 spiro atoms. The average Bonchev–Trinajstić information content (AvgIpc) is 3.53. The van der Waals surface area contributed by atoms with Crippen molar-refractivity contribution in [3.8, 4) is 5.75 Å². The molecule has 2 saturated heterocycles. The van der Waals surface area contributed by atoms with Gasteiger partial charge in [0.15, 0.2) is 0 Å². The Balaban J connectivity index is 1.36. The van der Waals surface area contributed by atoms with Crippen molar-refractivity contribution < 1.29 is 23.9 Å². The van der Waals surface area contributed by atoms with Gasteiger partial charge in [0.05, 0.1) is 28.8 Å². The minimum Gasteiger partial charge on any atom is -0.508 e. The molecule has 1 aromatic heterocycles. The molecule has 4 aromatic rings. The molecule has 3 heterocycles. The zero-order chi connectivity index (χ0) is 32.5. The number of hydrogen-bond acceptors (Lipinski definition) is 7. The summed E-state index contributed by atoms with van der Waals surface area (Å²) in [6.45, 7) is 4.08. The van der Waals surface area contributed by atoms with E-state index in [1.165, 1.54) is 34.4 Å². The van der Waals surface area contributed by atoms with Gasteiger partial charge in [0.2, 0.25) is 17.7 Å². The summed E-state index contributed by atoms with van der Waals surface area (Å²) in [5, 5.41) is 14.0. The molecule has 3 amide bonds. The molecule has 46 heavy (non-hydrogen) atoms. The van der Waals surface area contributed by atoms with Crippen LogP contribution in [0.5, 0.6) is 5.75 Å². The van der Waals surface area contributed by atoms with E-state index < -0.39 is 18.0 Å². The van der Waals surface area contributed by atoms with E-state index in [4.69, 9.17) is 23.2 Å². The van der Waals surface area contributed by atoms with E-state index in [1.54, 1.807) is 62.9 Å². The van der Waals surface area contributed by atoms with Gasteiger partial charge in [0.1, 0.15) is 23.8 Å². The highest BCUT2D eigenvalue weighted by atomic mass is 35.5. The number of carbonyl (C=O) groups excluding carboxylic acids is 3. The van der Waals surface area contributed by atoms with Crippen LogP contribution in [0.2, 0.25) is 10.0 Å². The number of carbonyl (C=O) groups is 3. The molecular formula is C33H30Cl2FN5O4S. The number of aromatic hydroxyl groups is 1. The molecule has 0 aliphatic carbocycles. The van der Waals surface area contributed by atoms with Gasteiger partial charge in [-0.15, -0.1) is 17.9 Å². The molecular weight excluding hydrogens is 652 g/mol. The number of amides is 3. The number of aryl methyl sites for hydroxylation is 1. The Kier molecular flexibility index (Phi) is 9.28. The number of piperazine rings is 1. The largest absolute Gasteiger partial charge is 0.508 e. The molecule has 2 fully saturated rings. The van der Waals surface area contributed by atoms with Crippen LogP contribution in [-0.4, -0.2) is 79.5 Å². The smallest absolute Gasteiger partial charge is 0.246 e. The summed E-state index contributed by atoms with van der Waals surface area (Å²) >= 11 is 13.6. The summed E-state index contributed by atoms with van der Waals surface area (Å²) in [4.78, 5) is 49.6. The normalized spacial score (nSPS) is 18.7. The second kappa shape index (κ2) is 13.4. The van der Waals surface area contributed by atoms with Gasteiger partial charge in [0, 0.05) is 36.0 Å². The van der Waals surface area contributed by atoms with Gasteiger partial charge >= 0.3 is 0 Å². The molecule has 0 unspecified atom stereocenters. The Morgan fingerprint density at radius 3 is 2.61 bits per heavy atom. The van der Waals surface area contributed by atoms with Crippen LogP contribution >= 0.6 is 34.5 Å². The monoisotopic (exact) mass is 681 g/mol. The van der Waals surface area contributed by atoms with E-state index in [0.29, 0.717) is 32.2 Å². The molecule has 0 bridgehead atoms. The van der Waals surface area contributed by atoms with Crippen molar-refractivity contribution in [1.29, 1.82) is 0 Å². The maximum Gasteiger partial charge on any atom is 0.246 e. The second-order valence-electron chi connectivity index (χ2n) is 11.2. The molecule has 9 nitrogen and oxygen atoms in total. The van der Waals surface area contributed by atoms with Crippen LogP contribution in [0.4, 0.5) is 4.39 Å². The SMILES string of the molecule is C=CCN1CC(=O)N2[C@@H](Cc3ccc(O)cc3)C(=O)N(Cc3ccc(F)c4scnc34)C[C@@H]2N1C(=O)CCc1ccc(Cl)cc1Cl. The fourth-order valence-electron chi connectivity index (χ4n) is 6.15. The van der Waals surface area contributed by atoms with Crippen molar-refractivity contribution in [1.82, 2.24) is 24.8 Å². The standard InChI is InChI=1S/C33H30Cl2FN5O4S/c1-2-13-39-18-30(44)40-27(14-20-3-9-24(42)10-4-20)33(45)38(16-22-6-11-26(36)32-31(22)37-19-46-32)17-28(40)41(39)29(43)12-7-21-5-8-23(34)15-25(21)35/h2-6,8-11,15,19,27-28,42H,1,7,12-14,16-18H2/t27-,28-/m0/s1. The highest BCUT2D eigenvalue weighted by Gasteiger charge is 2.51. The van der Waals surface area contributed by atoms with E-state index in [0.717, 1.165) is 11.1 Å². The number of hydrogen-bond donors (Lipinski definition) is 1. The van der Waals surface area contributed by atoms with Gasteiger partial charge in [-0.2, -0.15) is 0 Å². The van der Waals surface area contributed by atoms with Crippen LogP contribution in [0.3, 0.4) is 0 Å². The topological polar surface area (TPSA) is 97.3 Å². The summed E-state index contributed by atoms with van der Waals surface area (Å²) in [6, 6.07) is 13.6. The zero-order valence-electron chi connectivity index (χ0n) is 24.6. The third-order valence-electron chi connectivity index (χ3n) is 8.29. The molecule has 2 atom stereocenters. The Morgan fingerprint density at radius 1 is 1.11 bits per heavy atom. The maximum atomic E-state index is 14.5. The van der Waals surface area contributed by atoms with Crippen LogP contribution in [0, 0.1) is 5.82 Å². The summed E-state index contributed by atoms with van der Waals surface area (Å²) in [7, 11) is 0. The quantitative estimate of drug-likeness (QED) is 0.237. The predicted octanol–water partition coefficient (Wildman–Crippen LogP) is 5.43. The number of nitrogens with zero attached hydrogens (tertiary/aromatic N) is 5. The van der Waals surface area contributed by atoms with Crippen LogP contribution in [0.15, 0.2) is 72.8 Å². The van der Waals surface area contributed by atoms with Crippen LogP contribution in [-0.2, 0) is 33.8 Å². The molecule has 13 heteroatoms. The van der Waals surface area contributed by atoms with Crippen LogP contribution < -0.4 is 0 Å². The summed E-state index contributed by atoms with van der Waals surface area (Å²) in [5.41, 5.74) is 4.18. The Bertz CT molecular complexity index is 1820. The number of rotatable bonds is 9. The lowest BCUT2D eigenvalue weighted by atomic mass is 9.98. The number of benzene rings is 3. The number of phenols is 1. The lowest BCUT2D eigenvalue weighted by molar-refractivity contribution is -0.205. The lowest BCUT2D eigenvalue weighted by Gasteiger charge is -2.55. The van der Waals surface area contributed by atoms with Gasteiger partial charge in [-0.1, -0.05) is 53.5 Å². The molecule has 0 saturated carbocycles. The molecule has 0 radical (unpaired) electrons. The fraction of sp³-hybridized carbons (Fsp3) is 0.273. The van der Waals surface area contributed by atoms with E-state index in [-0.39, 0.29) is 62.5 Å². The maximum absolute atomic E-state index is 14.5. The molecule has 6 rings (SSSR count). The van der Waals surface area contributed by atoms with Crippen molar-refractivity contribution in [2.75, 3.05) is 19.6 Å². The van der Waals surface area contributed by atoms with Crippen molar-refractivity contribution in [2.24, 2.45) is 0 Å². The van der Waals surface area contributed by atoms with Crippen molar-refractivity contribution in [3.63, 3.8) is 0 Å². The highest BCUT2D eigenvalue weighted by molar-refractivity contribution is 7.16. The molecule has 238 valence electrons. The first-order chi connectivity index (χ1) is 22.1. The first-order valence-corrected chi connectivity index (χ1v) is 16.3. The third-order valence-corrected chi connectivity index (χ3v) is 9.72. The van der Waals surface area contributed by atoms with Crippen molar-refractivity contribution in [2.45, 2.75) is 38.0 Å². The molecule has 2 aliphatic rings. The van der Waals surface area contributed by atoms with E-state index in [1.807, 2.05) is 0 Å².